The number of urea groups is 2. The van der Waals surface area contributed by atoms with Crippen molar-refractivity contribution in [2.24, 2.45) is 0 Å². The molecule has 1 atom stereocenters. The molecule has 1 aromatic rings. The molecule has 1 saturated heterocycles. The van der Waals surface area contributed by atoms with Gasteiger partial charge in [-0.15, -0.1) is 0 Å². The largest absolute Gasteiger partial charge is 0.333 e. The Morgan fingerprint density at radius 3 is 2.63 bits per heavy atom. The number of nitrogens with zero attached hydrogens (tertiary/aromatic N) is 1. The maximum Gasteiger partial charge on any atom is 0.325 e. The normalized spacial score (nSPS) is 21.7. The van der Waals surface area contributed by atoms with Crippen LogP contribution in [0.25, 0.3) is 0 Å². The van der Waals surface area contributed by atoms with E-state index in [0.717, 1.165) is 28.9 Å². The number of carbonyl (C=O) groups is 4. The van der Waals surface area contributed by atoms with E-state index >= 15 is 0 Å². The smallest absolute Gasteiger partial charge is 0.325 e. The second-order valence-electron chi connectivity index (χ2n) is 7.99. The van der Waals surface area contributed by atoms with Gasteiger partial charge in [0.2, 0.25) is 5.91 Å². The molecular formula is C19H24N4O4. The second-order valence-corrected chi connectivity index (χ2v) is 7.99. The minimum Gasteiger partial charge on any atom is -0.333 e. The molecule has 0 unspecified atom stereocenters. The SMILES string of the molecule is CC(C)(C)NC(=O)NC(=O)CN1C(=O)N[C@@]2(CCCc3ccccc32)C1=O. The first kappa shape index (κ1) is 18.9. The number of imide groups is 2. The molecule has 3 rings (SSSR count). The molecule has 8 nitrogen and oxygen atoms in total. The summed E-state index contributed by atoms with van der Waals surface area (Å²) in [4.78, 5) is 50.4. The molecule has 1 aliphatic heterocycles. The Hall–Kier alpha value is -2.90. The van der Waals surface area contributed by atoms with Crippen molar-refractivity contribution in [1.29, 1.82) is 0 Å². The Labute approximate surface area is 157 Å². The Kier molecular flexibility index (Phi) is 4.67. The monoisotopic (exact) mass is 372 g/mol. The fourth-order valence-electron chi connectivity index (χ4n) is 3.64. The lowest BCUT2D eigenvalue weighted by molar-refractivity contribution is -0.135. The summed E-state index contributed by atoms with van der Waals surface area (Å²) in [5, 5.41) is 7.52. The van der Waals surface area contributed by atoms with E-state index in [0.29, 0.717) is 6.42 Å². The van der Waals surface area contributed by atoms with Gasteiger partial charge < -0.3 is 10.6 Å². The molecule has 27 heavy (non-hydrogen) atoms. The van der Waals surface area contributed by atoms with E-state index in [4.69, 9.17) is 0 Å². The summed E-state index contributed by atoms with van der Waals surface area (Å²) in [7, 11) is 0. The fourth-order valence-corrected chi connectivity index (χ4v) is 3.64. The summed E-state index contributed by atoms with van der Waals surface area (Å²) in [5.74, 6) is -1.17. The van der Waals surface area contributed by atoms with Crippen molar-refractivity contribution in [3.63, 3.8) is 0 Å². The number of nitrogens with one attached hydrogen (secondary N) is 3. The third kappa shape index (κ3) is 3.65. The topological polar surface area (TPSA) is 108 Å². The van der Waals surface area contributed by atoms with Gasteiger partial charge in [-0.05, 0) is 51.2 Å². The number of fused-ring (bicyclic) bond motifs is 2. The van der Waals surface area contributed by atoms with Crippen LogP contribution < -0.4 is 16.0 Å². The van der Waals surface area contributed by atoms with Gasteiger partial charge in [-0.1, -0.05) is 24.3 Å². The van der Waals surface area contributed by atoms with Crippen LogP contribution >= 0.6 is 0 Å². The van der Waals surface area contributed by atoms with Gasteiger partial charge in [-0.25, -0.2) is 9.59 Å². The molecule has 6 amide bonds. The van der Waals surface area contributed by atoms with E-state index < -0.39 is 41.5 Å². The van der Waals surface area contributed by atoms with Gasteiger partial charge in [0.05, 0.1) is 0 Å². The van der Waals surface area contributed by atoms with Crippen LogP contribution in [0.15, 0.2) is 24.3 Å². The van der Waals surface area contributed by atoms with Crippen molar-refractivity contribution in [2.75, 3.05) is 6.54 Å². The number of hydrogen-bond donors (Lipinski definition) is 3. The van der Waals surface area contributed by atoms with E-state index in [1.165, 1.54) is 0 Å². The summed E-state index contributed by atoms with van der Waals surface area (Å²) in [5.41, 5.74) is 0.164. The van der Waals surface area contributed by atoms with Crippen molar-refractivity contribution < 1.29 is 19.2 Å². The molecule has 0 saturated carbocycles. The molecule has 1 aliphatic carbocycles. The lowest BCUT2D eigenvalue weighted by Crippen LogP contribution is -2.51. The molecule has 8 heteroatoms. The van der Waals surface area contributed by atoms with Crippen molar-refractivity contribution >= 4 is 23.9 Å². The van der Waals surface area contributed by atoms with Gasteiger partial charge in [0, 0.05) is 5.54 Å². The highest BCUT2D eigenvalue weighted by Crippen LogP contribution is 2.39. The number of rotatable bonds is 2. The van der Waals surface area contributed by atoms with Crippen LogP contribution in [0, 0.1) is 0 Å². The predicted octanol–water partition coefficient (Wildman–Crippen LogP) is 1.39. The van der Waals surface area contributed by atoms with Crippen LogP contribution in [0.4, 0.5) is 9.59 Å². The Balaban J connectivity index is 1.74. The minimum absolute atomic E-state index is 0.453. The highest BCUT2D eigenvalue weighted by molar-refractivity contribution is 6.10. The summed E-state index contributed by atoms with van der Waals surface area (Å²) >= 11 is 0. The zero-order valence-corrected chi connectivity index (χ0v) is 15.7. The van der Waals surface area contributed by atoms with Crippen LogP contribution in [0.2, 0.25) is 0 Å². The number of benzene rings is 1. The predicted molar refractivity (Wildman–Crippen MR) is 97.7 cm³/mol. The first-order valence-electron chi connectivity index (χ1n) is 8.97. The van der Waals surface area contributed by atoms with Gasteiger partial charge in [0.25, 0.3) is 5.91 Å². The lowest BCUT2D eigenvalue weighted by atomic mass is 9.76. The molecule has 1 fully saturated rings. The number of hydrogen-bond acceptors (Lipinski definition) is 4. The first-order chi connectivity index (χ1) is 12.6. The van der Waals surface area contributed by atoms with Crippen molar-refractivity contribution in [1.82, 2.24) is 20.9 Å². The van der Waals surface area contributed by atoms with Crippen molar-refractivity contribution in [2.45, 2.75) is 51.1 Å². The number of aryl methyl sites for hydroxylation is 1. The minimum atomic E-state index is -1.13. The van der Waals surface area contributed by atoms with Crippen LogP contribution in [-0.4, -0.2) is 40.9 Å². The zero-order chi connectivity index (χ0) is 19.8. The maximum atomic E-state index is 13.1. The molecular weight excluding hydrogens is 348 g/mol. The molecule has 1 spiro atoms. The van der Waals surface area contributed by atoms with E-state index in [-0.39, 0.29) is 0 Å². The Morgan fingerprint density at radius 2 is 1.93 bits per heavy atom. The van der Waals surface area contributed by atoms with Crippen LogP contribution in [0.3, 0.4) is 0 Å². The number of amides is 6. The highest BCUT2D eigenvalue weighted by atomic mass is 16.2. The Bertz CT molecular complexity index is 814. The fraction of sp³-hybridized carbons (Fsp3) is 0.474. The number of carbonyl (C=O) groups excluding carboxylic acids is 4. The van der Waals surface area contributed by atoms with Gasteiger partial charge in [0.15, 0.2) is 0 Å². The summed E-state index contributed by atoms with van der Waals surface area (Å²) in [6.45, 7) is 4.82. The van der Waals surface area contributed by atoms with E-state index in [1.807, 2.05) is 24.3 Å². The molecule has 0 bridgehead atoms. The highest BCUT2D eigenvalue weighted by Gasteiger charge is 2.54. The quantitative estimate of drug-likeness (QED) is 0.682. The first-order valence-corrected chi connectivity index (χ1v) is 8.97. The zero-order valence-electron chi connectivity index (χ0n) is 15.7. The lowest BCUT2D eigenvalue weighted by Gasteiger charge is -2.33. The third-order valence-electron chi connectivity index (χ3n) is 4.69. The third-order valence-corrected chi connectivity index (χ3v) is 4.69. The van der Waals surface area contributed by atoms with E-state index in [2.05, 4.69) is 16.0 Å². The second kappa shape index (κ2) is 6.68. The molecule has 144 valence electrons. The van der Waals surface area contributed by atoms with Crippen LogP contribution in [0.5, 0.6) is 0 Å². The van der Waals surface area contributed by atoms with Gasteiger partial charge >= 0.3 is 12.1 Å². The van der Waals surface area contributed by atoms with Gasteiger partial charge in [-0.3, -0.25) is 19.8 Å². The van der Waals surface area contributed by atoms with E-state index in [1.54, 1.807) is 20.8 Å². The van der Waals surface area contributed by atoms with Crippen molar-refractivity contribution in [3.05, 3.63) is 35.4 Å². The van der Waals surface area contributed by atoms with Crippen LogP contribution in [-0.2, 0) is 21.5 Å². The maximum absolute atomic E-state index is 13.1. The molecule has 0 aromatic heterocycles. The summed E-state index contributed by atoms with van der Waals surface area (Å²) in [6, 6.07) is 6.23. The summed E-state index contributed by atoms with van der Waals surface area (Å²) < 4.78 is 0. The van der Waals surface area contributed by atoms with Gasteiger partial charge in [-0.2, -0.15) is 0 Å². The van der Waals surface area contributed by atoms with Crippen LogP contribution in [0.1, 0.15) is 44.7 Å². The van der Waals surface area contributed by atoms with E-state index in [9.17, 15) is 19.2 Å². The molecule has 2 aliphatic rings. The molecule has 0 radical (unpaired) electrons. The standard InChI is InChI=1S/C19H24N4O4/c1-18(2,3)21-16(26)20-14(24)11-23-15(25)19(22-17(23)27)10-6-8-12-7-4-5-9-13(12)19/h4-5,7,9H,6,8,10-11H2,1-3H3,(H,22,27)(H2,20,21,24,26)/t19-/m1/s1. The molecule has 1 aromatic carbocycles. The summed E-state index contributed by atoms with van der Waals surface area (Å²) in [6.07, 6.45) is 2.09. The average molecular weight is 372 g/mol. The van der Waals surface area contributed by atoms with Crippen molar-refractivity contribution in [3.8, 4) is 0 Å². The Morgan fingerprint density at radius 1 is 1.22 bits per heavy atom. The average Bonchev–Trinajstić information content (AvgIpc) is 2.78. The molecule has 1 heterocycles. The molecule has 3 N–H and O–H groups in total. The van der Waals surface area contributed by atoms with Gasteiger partial charge in [0.1, 0.15) is 12.1 Å².